The molecular formula is C23H20F2N4OS. The molecule has 0 fully saturated rings. The van der Waals surface area contributed by atoms with Gasteiger partial charge in [0.05, 0.1) is 18.3 Å². The molecule has 1 aliphatic carbocycles. The lowest BCUT2D eigenvalue weighted by Crippen LogP contribution is -2.34. The molecule has 1 N–H and O–H groups in total. The fraction of sp³-hybridized carbons (Fsp3) is 0.261. The quantitative estimate of drug-likeness (QED) is 0.515. The number of fused-ring (bicyclic) bond motifs is 3. The SMILES string of the molecule is O=c1c2c3c(sc2ncn1Cc1ccncc1)C[C@@H](NCc1cccc(F)c1F)CC3. The molecule has 158 valence electrons. The van der Waals surface area contributed by atoms with E-state index in [4.69, 9.17) is 0 Å². The van der Waals surface area contributed by atoms with Crippen molar-refractivity contribution in [3.05, 3.63) is 92.6 Å². The van der Waals surface area contributed by atoms with Crippen LogP contribution in [0, 0.1) is 11.6 Å². The van der Waals surface area contributed by atoms with E-state index in [1.807, 2.05) is 12.1 Å². The van der Waals surface area contributed by atoms with Crippen molar-refractivity contribution in [3.63, 3.8) is 0 Å². The Morgan fingerprint density at radius 2 is 2.03 bits per heavy atom. The van der Waals surface area contributed by atoms with Crippen LogP contribution in [0.5, 0.6) is 0 Å². The topological polar surface area (TPSA) is 59.8 Å². The Labute approximate surface area is 181 Å². The smallest absolute Gasteiger partial charge is 0.262 e. The van der Waals surface area contributed by atoms with Crippen LogP contribution in [0.15, 0.2) is 53.8 Å². The molecule has 0 amide bonds. The van der Waals surface area contributed by atoms with Crippen LogP contribution in [-0.4, -0.2) is 20.6 Å². The summed E-state index contributed by atoms with van der Waals surface area (Å²) in [5.41, 5.74) is 2.38. The summed E-state index contributed by atoms with van der Waals surface area (Å²) < 4.78 is 29.0. The standard InChI is InChI=1S/C23H20F2N4OS/c24-18-3-1-2-15(21(18)25)11-27-16-4-5-17-19(10-16)31-22-20(17)23(30)29(13-28-22)12-14-6-8-26-9-7-14/h1-3,6-9,13,16,27H,4-5,10-12H2/t16-/m0/s1. The molecule has 0 saturated heterocycles. The number of aryl methyl sites for hydroxylation is 1. The van der Waals surface area contributed by atoms with Crippen LogP contribution in [-0.2, 0) is 25.9 Å². The average Bonchev–Trinajstić information content (AvgIpc) is 3.16. The van der Waals surface area contributed by atoms with E-state index in [1.165, 1.54) is 6.07 Å². The second-order valence-corrected chi connectivity index (χ2v) is 8.83. The van der Waals surface area contributed by atoms with Gasteiger partial charge in [-0.15, -0.1) is 11.3 Å². The number of nitrogens with zero attached hydrogens (tertiary/aromatic N) is 3. The predicted molar refractivity (Wildman–Crippen MR) is 116 cm³/mol. The Morgan fingerprint density at radius 1 is 1.19 bits per heavy atom. The largest absolute Gasteiger partial charge is 0.309 e. The van der Waals surface area contributed by atoms with Crippen molar-refractivity contribution in [2.75, 3.05) is 0 Å². The maximum atomic E-state index is 13.9. The van der Waals surface area contributed by atoms with Gasteiger partial charge < -0.3 is 5.32 Å². The zero-order valence-electron chi connectivity index (χ0n) is 16.6. The lowest BCUT2D eigenvalue weighted by molar-refractivity contribution is 0.445. The highest BCUT2D eigenvalue weighted by molar-refractivity contribution is 7.18. The highest BCUT2D eigenvalue weighted by atomic mass is 32.1. The van der Waals surface area contributed by atoms with E-state index >= 15 is 0 Å². The van der Waals surface area contributed by atoms with Gasteiger partial charge in [-0.1, -0.05) is 12.1 Å². The molecule has 1 aromatic carbocycles. The molecule has 5 nitrogen and oxygen atoms in total. The zero-order chi connectivity index (χ0) is 21.4. The number of aromatic nitrogens is 3. The van der Waals surface area contributed by atoms with Gasteiger partial charge in [-0.05, 0) is 48.6 Å². The van der Waals surface area contributed by atoms with Gasteiger partial charge >= 0.3 is 0 Å². The van der Waals surface area contributed by atoms with Gasteiger partial charge in [-0.2, -0.15) is 0 Å². The van der Waals surface area contributed by atoms with E-state index in [0.29, 0.717) is 17.5 Å². The normalized spacial score (nSPS) is 15.9. The molecule has 3 heterocycles. The summed E-state index contributed by atoms with van der Waals surface area (Å²) >= 11 is 1.55. The molecule has 0 unspecified atom stereocenters. The Hall–Kier alpha value is -2.97. The minimum absolute atomic E-state index is 0.0208. The minimum Gasteiger partial charge on any atom is -0.309 e. The average molecular weight is 439 g/mol. The molecule has 0 bridgehead atoms. The second-order valence-electron chi connectivity index (χ2n) is 7.75. The van der Waals surface area contributed by atoms with Crippen molar-refractivity contribution < 1.29 is 8.78 Å². The van der Waals surface area contributed by atoms with Crippen LogP contribution >= 0.6 is 11.3 Å². The summed E-state index contributed by atoms with van der Waals surface area (Å²) in [5, 5.41) is 4.05. The van der Waals surface area contributed by atoms with Gasteiger partial charge in [0.2, 0.25) is 0 Å². The minimum atomic E-state index is -0.830. The van der Waals surface area contributed by atoms with E-state index in [1.54, 1.807) is 40.7 Å². The molecule has 1 atom stereocenters. The van der Waals surface area contributed by atoms with Crippen LogP contribution in [0.1, 0.15) is 28.0 Å². The van der Waals surface area contributed by atoms with E-state index in [0.717, 1.165) is 46.2 Å². The molecule has 0 radical (unpaired) electrons. The Bertz CT molecular complexity index is 1300. The van der Waals surface area contributed by atoms with Crippen LogP contribution < -0.4 is 10.9 Å². The fourth-order valence-corrected chi connectivity index (χ4v) is 5.37. The number of benzene rings is 1. The number of hydrogen-bond donors (Lipinski definition) is 1. The van der Waals surface area contributed by atoms with Gasteiger partial charge in [-0.3, -0.25) is 14.3 Å². The first-order valence-electron chi connectivity index (χ1n) is 10.1. The van der Waals surface area contributed by atoms with Crippen molar-refractivity contribution in [1.29, 1.82) is 0 Å². The van der Waals surface area contributed by atoms with Gasteiger partial charge in [0, 0.05) is 35.4 Å². The number of hydrogen-bond acceptors (Lipinski definition) is 5. The summed E-state index contributed by atoms with van der Waals surface area (Å²) in [6.45, 7) is 0.726. The highest BCUT2D eigenvalue weighted by Crippen LogP contribution is 2.33. The number of halogens is 2. The summed E-state index contributed by atoms with van der Waals surface area (Å²) in [4.78, 5) is 23.6. The molecule has 3 aromatic heterocycles. The van der Waals surface area contributed by atoms with Crippen molar-refractivity contribution in [3.8, 4) is 0 Å². The molecule has 31 heavy (non-hydrogen) atoms. The Kier molecular flexibility index (Phi) is 5.33. The number of pyridine rings is 1. The van der Waals surface area contributed by atoms with Crippen LogP contribution in [0.25, 0.3) is 10.2 Å². The maximum Gasteiger partial charge on any atom is 0.262 e. The van der Waals surface area contributed by atoms with Crippen molar-refractivity contribution in [2.24, 2.45) is 0 Å². The van der Waals surface area contributed by atoms with Gasteiger partial charge in [0.25, 0.3) is 5.56 Å². The van der Waals surface area contributed by atoms with Crippen molar-refractivity contribution >= 4 is 21.6 Å². The predicted octanol–water partition coefficient (Wildman–Crippen LogP) is 3.83. The summed E-state index contributed by atoms with van der Waals surface area (Å²) in [7, 11) is 0. The molecule has 0 saturated carbocycles. The highest BCUT2D eigenvalue weighted by Gasteiger charge is 2.25. The molecule has 1 aliphatic rings. The molecule has 0 aliphatic heterocycles. The van der Waals surface area contributed by atoms with Crippen LogP contribution in [0.4, 0.5) is 8.78 Å². The first-order valence-corrected chi connectivity index (χ1v) is 11.0. The van der Waals surface area contributed by atoms with Gasteiger partial charge in [-0.25, -0.2) is 13.8 Å². The Morgan fingerprint density at radius 3 is 2.87 bits per heavy atom. The monoisotopic (exact) mass is 438 g/mol. The first kappa shape index (κ1) is 20.0. The van der Waals surface area contributed by atoms with Crippen molar-refractivity contribution in [2.45, 2.75) is 38.4 Å². The van der Waals surface area contributed by atoms with Crippen molar-refractivity contribution in [1.82, 2.24) is 19.9 Å². The Balaban J connectivity index is 1.36. The molecule has 8 heteroatoms. The van der Waals surface area contributed by atoms with E-state index in [9.17, 15) is 13.6 Å². The first-order chi connectivity index (χ1) is 15.1. The van der Waals surface area contributed by atoms with Gasteiger partial charge in [0.1, 0.15) is 4.83 Å². The lowest BCUT2D eigenvalue weighted by atomic mass is 9.93. The third-order valence-electron chi connectivity index (χ3n) is 5.75. The number of rotatable bonds is 5. The van der Waals surface area contributed by atoms with E-state index in [-0.39, 0.29) is 18.1 Å². The van der Waals surface area contributed by atoms with Crippen LogP contribution in [0.3, 0.4) is 0 Å². The van der Waals surface area contributed by atoms with Crippen LogP contribution in [0.2, 0.25) is 0 Å². The number of nitrogens with one attached hydrogen (secondary N) is 1. The number of thiophene rings is 1. The van der Waals surface area contributed by atoms with E-state index in [2.05, 4.69) is 15.3 Å². The van der Waals surface area contributed by atoms with Gasteiger partial charge in [0.15, 0.2) is 11.6 Å². The lowest BCUT2D eigenvalue weighted by Gasteiger charge is -2.23. The zero-order valence-corrected chi connectivity index (χ0v) is 17.5. The summed E-state index contributed by atoms with van der Waals surface area (Å²) in [6.07, 6.45) is 7.36. The molecule has 5 rings (SSSR count). The molecule has 4 aromatic rings. The molecule has 0 spiro atoms. The second kappa shape index (κ2) is 8.28. The summed E-state index contributed by atoms with van der Waals surface area (Å²) in [6, 6.07) is 8.14. The fourth-order valence-electron chi connectivity index (χ4n) is 4.11. The van der Waals surface area contributed by atoms with E-state index < -0.39 is 11.6 Å². The third kappa shape index (κ3) is 3.88. The third-order valence-corrected chi connectivity index (χ3v) is 6.91. The summed E-state index contributed by atoms with van der Waals surface area (Å²) in [5.74, 6) is -1.63. The molecular weight excluding hydrogens is 418 g/mol. The maximum absolute atomic E-state index is 13.9.